The average Bonchev–Trinajstić information content (AvgIpc) is 4.26. The highest BCUT2D eigenvalue weighted by Gasteiger charge is 2.37. The van der Waals surface area contributed by atoms with Gasteiger partial charge in [-0.15, -0.1) is 0 Å². The fraction of sp³-hybridized carbons (Fsp3) is 0.297. The van der Waals surface area contributed by atoms with Crippen LogP contribution in [0.4, 0.5) is 45.5 Å². The number of rotatable bonds is 12. The molecule has 0 aromatic heterocycles. The third-order valence-corrected chi connectivity index (χ3v) is 16.2. The van der Waals surface area contributed by atoms with Crippen molar-refractivity contribution in [3.63, 3.8) is 0 Å². The Bertz CT molecular complexity index is 3570. The van der Waals surface area contributed by atoms with Gasteiger partial charge in [0.15, 0.2) is 35.9 Å². The number of hydrogen-bond donors (Lipinski definition) is 0. The minimum absolute atomic E-state index is 0.783. The van der Waals surface area contributed by atoms with E-state index in [0.29, 0.717) is 0 Å². The zero-order valence-electron chi connectivity index (χ0n) is 50.1. The summed E-state index contributed by atoms with van der Waals surface area (Å²) < 4.78 is 10.0. The summed E-state index contributed by atoms with van der Waals surface area (Å²) in [6.45, 7) is 23.7. The minimum atomic E-state index is 0.783. The van der Waals surface area contributed by atoms with Crippen LogP contribution < -0.4 is 9.80 Å². The van der Waals surface area contributed by atoms with Gasteiger partial charge in [0.2, 0.25) is 22.7 Å². The van der Waals surface area contributed by atoms with Gasteiger partial charge in [-0.3, -0.25) is 0 Å². The molecule has 5 aliphatic heterocycles. The van der Waals surface area contributed by atoms with Crippen LogP contribution in [0.5, 0.6) is 0 Å². The smallest absolute Gasteiger partial charge is 0.209 e. The van der Waals surface area contributed by atoms with Crippen LogP contribution >= 0.6 is 0 Å². The number of fused-ring (bicyclic) bond motifs is 6. The van der Waals surface area contributed by atoms with Crippen LogP contribution in [0.3, 0.4) is 0 Å². The molecule has 8 aromatic rings. The maximum Gasteiger partial charge on any atom is 0.209 e. The van der Waals surface area contributed by atoms with Gasteiger partial charge in [-0.2, -0.15) is 9.15 Å². The van der Waals surface area contributed by atoms with E-state index in [-0.39, 0.29) is 0 Å². The lowest BCUT2D eigenvalue weighted by atomic mass is 10.0. The second kappa shape index (κ2) is 25.9. The maximum absolute atomic E-state index is 2.59. The molecule has 0 atom stereocenters. The van der Waals surface area contributed by atoms with Crippen LogP contribution in [-0.4, -0.2) is 55.2 Å². The standard InChI is InChI=1S/C66H62N6.4C2H6/c1-45-21-31-63-65(33-45)72(44-50-29-25-48(26-30-50)42-70-58(38-54-16-8-12-20-62(54)70)40-56-36-52-14-6-10-18-60(52)68(56)4)66-34-46(2)22-32-64(66)71(63)43-49-27-23-47(24-28-49)41-69-57(37-53-15-7-11-19-61(53)69)39-55-35-51-13-5-9-17-59(51)67(55)3;4*1-2/h5-34H,35-44H2,1-4H3;4*1-2H3/q+4;;;;. The van der Waals surface area contributed by atoms with E-state index in [4.69, 9.17) is 0 Å². The quantitative estimate of drug-likeness (QED) is 0.114. The van der Waals surface area contributed by atoms with Gasteiger partial charge in [0.25, 0.3) is 0 Å². The first-order chi connectivity index (χ1) is 39.3. The lowest BCUT2D eigenvalue weighted by Crippen LogP contribution is -2.29. The minimum Gasteiger partial charge on any atom is -0.334 e. The first kappa shape index (κ1) is 56.7. The SMILES string of the molecule is CC.CC.CC.CC.Cc1ccc2c(c1)N(Cc1ccc(C[N+]3=C(CC4=[N+](C)c5ccccc5C4)Cc4ccccc43)cc1)c1cc(C)ccc1N2Cc1ccc(C[N+]2=C(CC3=[N+](C)c4ccccc4C3)Cc3ccccc32)cc1. The number of nitrogens with zero attached hydrogens (tertiary/aromatic N) is 6. The molecule has 0 saturated heterocycles. The third kappa shape index (κ3) is 11.5. The van der Waals surface area contributed by atoms with E-state index in [1.165, 1.54) is 124 Å². The highest BCUT2D eigenvalue weighted by atomic mass is 15.3. The van der Waals surface area contributed by atoms with Crippen LogP contribution in [0.1, 0.15) is 124 Å². The molecular weight excluding hydrogens is 973 g/mol. The molecule has 0 fully saturated rings. The summed E-state index contributed by atoms with van der Waals surface area (Å²) in [5, 5.41) is 0. The van der Waals surface area contributed by atoms with Crippen LogP contribution in [0.2, 0.25) is 0 Å². The summed E-state index contributed by atoms with van der Waals surface area (Å²) in [7, 11) is 4.48. The first-order valence-corrected chi connectivity index (χ1v) is 29.9. The number of aryl methyl sites for hydroxylation is 2. The molecule has 6 heteroatoms. The van der Waals surface area contributed by atoms with Crippen molar-refractivity contribution in [3.05, 3.63) is 238 Å². The molecule has 5 aliphatic rings. The zero-order valence-corrected chi connectivity index (χ0v) is 50.1. The monoisotopic (exact) mass is 1060 g/mol. The summed E-state index contributed by atoms with van der Waals surface area (Å²) in [5.74, 6) is 0. The summed E-state index contributed by atoms with van der Waals surface area (Å²) >= 11 is 0. The molecule has 0 unspecified atom stereocenters. The number of hydrogen-bond acceptors (Lipinski definition) is 2. The number of anilines is 4. The topological polar surface area (TPSA) is 18.5 Å². The van der Waals surface area contributed by atoms with E-state index in [2.05, 4.69) is 238 Å². The van der Waals surface area contributed by atoms with Gasteiger partial charge < -0.3 is 9.80 Å². The fourth-order valence-electron chi connectivity index (χ4n) is 12.3. The second-order valence-electron chi connectivity index (χ2n) is 20.9. The largest absolute Gasteiger partial charge is 0.334 e. The van der Waals surface area contributed by atoms with Gasteiger partial charge in [-0.1, -0.05) is 189 Å². The lowest BCUT2D eigenvalue weighted by Gasteiger charge is -2.41. The van der Waals surface area contributed by atoms with Gasteiger partial charge in [0.05, 0.1) is 48.4 Å². The molecule has 0 N–H and O–H groups in total. The van der Waals surface area contributed by atoms with Crippen molar-refractivity contribution in [2.45, 2.75) is 134 Å². The summed E-state index contributed by atoms with van der Waals surface area (Å²) in [5.41, 5.74) is 29.8. The zero-order chi connectivity index (χ0) is 56.5. The number of para-hydroxylation sites is 4. The molecule has 8 aromatic carbocycles. The van der Waals surface area contributed by atoms with Gasteiger partial charge >= 0.3 is 0 Å². The lowest BCUT2D eigenvalue weighted by molar-refractivity contribution is -0.456. The van der Waals surface area contributed by atoms with E-state index in [0.717, 1.165) is 64.7 Å². The molecular formula is C74H86N6+4. The van der Waals surface area contributed by atoms with Crippen molar-refractivity contribution in [2.75, 3.05) is 23.9 Å². The molecule has 408 valence electrons. The Morgan fingerprint density at radius 3 is 0.988 bits per heavy atom. The Hall–Kier alpha value is -7.96. The number of benzene rings is 8. The van der Waals surface area contributed by atoms with Crippen molar-refractivity contribution in [3.8, 4) is 0 Å². The van der Waals surface area contributed by atoms with E-state index < -0.39 is 0 Å². The van der Waals surface area contributed by atoms with Crippen molar-refractivity contribution in [1.82, 2.24) is 0 Å². The van der Waals surface area contributed by atoms with E-state index in [9.17, 15) is 0 Å². The van der Waals surface area contributed by atoms with E-state index in [1.807, 2.05) is 55.4 Å². The molecule has 80 heavy (non-hydrogen) atoms. The van der Waals surface area contributed by atoms with Gasteiger partial charge in [0, 0.05) is 70.7 Å². The predicted octanol–water partition coefficient (Wildman–Crippen LogP) is 17.8. The first-order valence-electron chi connectivity index (χ1n) is 29.9. The third-order valence-electron chi connectivity index (χ3n) is 16.2. The fourth-order valence-corrected chi connectivity index (χ4v) is 12.3. The van der Waals surface area contributed by atoms with E-state index >= 15 is 0 Å². The molecule has 5 heterocycles. The van der Waals surface area contributed by atoms with Gasteiger partial charge in [-0.25, -0.2) is 9.15 Å². The summed E-state index contributed by atoms with van der Waals surface area (Å²) in [6, 6.07) is 68.6. The van der Waals surface area contributed by atoms with Crippen molar-refractivity contribution in [1.29, 1.82) is 0 Å². The molecule has 0 spiro atoms. The Balaban J connectivity index is 0.000000929. The highest BCUT2D eigenvalue weighted by molar-refractivity contribution is 6.06. The van der Waals surface area contributed by atoms with Crippen LogP contribution in [0.15, 0.2) is 182 Å². The summed E-state index contributed by atoms with van der Waals surface area (Å²) in [4.78, 5) is 5.09. The molecule has 0 bridgehead atoms. The Morgan fingerprint density at radius 1 is 0.325 bits per heavy atom. The van der Waals surface area contributed by atoms with E-state index in [1.54, 1.807) is 0 Å². The highest BCUT2D eigenvalue weighted by Crippen LogP contribution is 2.50. The second-order valence-corrected chi connectivity index (χ2v) is 20.9. The molecule has 0 amide bonds. The Morgan fingerprint density at radius 2 is 0.625 bits per heavy atom. The Kier molecular flexibility index (Phi) is 18.4. The predicted molar refractivity (Wildman–Crippen MR) is 341 cm³/mol. The van der Waals surface area contributed by atoms with Crippen LogP contribution in [0.25, 0.3) is 0 Å². The summed E-state index contributed by atoms with van der Waals surface area (Å²) in [6.07, 6.45) is 6.00. The molecule has 6 nitrogen and oxygen atoms in total. The van der Waals surface area contributed by atoms with Crippen molar-refractivity contribution < 1.29 is 18.3 Å². The normalized spacial score (nSPS) is 14.1. The molecule has 0 radical (unpaired) electrons. The molecule has 0 saturated carbocycles. The van der Waals surface area contributed by atoms with Crippen molar-refractivity contribution in [2.24, 2.45) is 0 Å². The Labute approximate surface area is 479 Å². The van der Waals surface area contributed by atoms with Crippen LogP contribution in [-0.2, 0) is 51.9 Å². The maximum atomic E-state index is 2.59. The van der Waals surface area contributed by atoms with Crippen molar-refractivity contribution >= 4 is 68.3 Å². The molecule has 13 rings (SSSR count). The van der Waals surface area contributed by atoms with Gasteiger partial charge in [-0.05, 0) is 60.4 Å². The van der Waals surface area contributed by atoms with Crippen LogP contribution in [0, 0.1) is 13.8 Å². The molecule has 0 aliphatic carbocycles. The van der Waals surface area contributed by atoms with Gasteiger partial charge in [0.1, 0.15) is 26.9 Å². The average molecular weight is 1060 g/mol.